The minimum atomic E-state index is -0.375. The Morgan fingerprint density at radius 3 is 2.88 bits per heavy atom. The first-order valence-electron chi connectivity index (χ1n) is 2.35. The Morgan fingerprint density at radius 1 is 1.75 bits per heavy atom. The Bertz CT molecular complexity index is 139. The first-order valence-corrected chi connectivity index (χ1v) is 2.35. The summed E-state index contributed by atoms with van der Waals surface area (Å²) in [5, 5.41) is 2.36. The van der Waals surface area contributed by atoms with Crippen LogP contribution in [0.4, 0.5) is 4.39 Å². The molecule has 0 aromatic carbocycles. The maximum Gasteiger partial charge on any atom is 0.188 e. The van der Waals surface area contributed by atoms with E-state index in [9.17, 15) is 4.39 Å². The first-order chi connectivity index (χ1) is 3.79. The average molecular weight is 114 g/mol. The molecule has 0 amide bonds. The van der Waals surface area contributed by atoms with Gasteiger partial charge in [0.2, 0.25) is 0 Å². The van der Waals surface area contributed by atoms with Crippen LogP contribution in [0.2, 0.25) is 0 Å². The fourth-order valence-electron chi connectivity index (χ4n) is 0.515. The lowest BCUT2D eigenvalue weighted by molar-refractivity contribution is 0.508. The van der Waals surface area contributed by atoms with Crippen LogP contribution in [0.25, 0.3) is 0 Å². The number of dihydropyridines is 1. The lowest BCUT2D eigenvalue weighted by Gasteiger charge is -2.10. The van der Waals surface area contributed by atoms with Crippen molar-refractivity contribution < 1.29 is 4.39 Å². The topological polar surface area (TPSA) is 38.0 Å². The molecule has 0 aliphatic carbocycles. The number of rotatable bonds is 0. The SMILES string of the molecule is NC1C=CC=C(F)N1. The molecule has 0 fully saturated rings. The summed E-state index contributed by atoms with van der Waals surface area (Å²) in [5.74, 6) is -0.375. The Labute approximate surface area is 46.9 Å². The van der Waals surface area contributed by atoms with Gasteiger partial charge in [0.05, 0.1) is 6.17 Å². The normalized spacial score (nSPS) is 26.8. The Morgan fingerprint density at radius 2 is 2.50 bits per heavy atom. The quantitative estimate of drug-likeness (QED) is 0.443. The van der Waals surface area contributed by atoms with E-state index in [1.807, 2.05) is 0 Å². The number of hydrogen-bond donors (Lipinski definition) is 2. The molecule has 0 radical (unpaired) electrons. The highest BCUT2D eigenvalue weighted by molar-refractivity contribution is 5.14. The van der Waals surface area contributed by atoms with E-state index >= 15 is 0 Å². The van der Waals surface area contributed by atoms with Gasteiger partial charge in [0, 0.05) is 0 Å². The number of nitrogens with one attached hydrogen (secondary N) is 1. The second kappa shape index (κ2) is 1.96. The molecule has 8 heavy (non-hydrogen) atoms. The van der Waals surface area contributed by atoms with Crippen molar-refractivity contribution in [2.24, 2.45) is 5.73 Å². The van der Waals surface area contributed by atoms with E-state index in [1.54, 1.807) is 12.2 Å². The molecule has 2 nitrogen and oxygen atoms in total. The molecule has 1 unspecified atom stereocenters. The molecule has 1 rings (SSSR count). The molecule has 0 saturated heterocycles. The monoisotopic (exact) mass is 114 g/mol. The van der Waals surface area contributed by atoms with E-state index < -0.39 is 0 Å². The van der Waals surface area contributed by atoms with E-state index in [4.69, 9.17) is 5.73 Å². The van der Waals surface area contributed by atoms with Crippen LogP contribution in [0.3, 0.4) is 0 Å². The van der Waals surface area contributed by atoms with Gasteiger partial charge in [-0.2, -0.15) is 4.39 Å². The fraction of sp³-hybridized carbons (Fsp3) is 0.200. The molecule has 1 heterocycles. The van der Waals surface area contributed by atoms with Crippen LogP contribution in [0.1, 0.15) is 0 Å². The largest absolute Gasteiger partial charge is 0.343 e. The van der Waals surface area contributed by atoms with E-state index in [2.05, 4.69) is 5.32 Å². The molecule has 1 aliphatic heterocycles. The predicted molar refractivity (Wildman–Crippen MR) is 29.4 cm³/mol. The number of nitrogens with two attached hydrogens (primary N) is 1. The highest BCUT2D eigenvalue weighted by atomic mass is 19.1. The molecule has 3 heteroatoms. The Kier molecular flexibility index (Phi) is 1.30. The molecule has 0 aromatic rings. The van der Waals surface area contributed by atoms with Gasteiger partial charge >= 0.3 is 0 Å². The van der Waals surface area contributed by atoms with Gasteiger partial charge in [0.15, 0.2) is 5.95 Å². The van der Waals surface area contributed by atoms with Gasteiger partial charge in [-0.25, -0.2) is 0 Å². The molecule has 1 aliphatic rings. The van der Waals surface area contributed by atoms with Crippen molar-refractivity contribution in [1.29, 1.82) is 0 Å². The van der Waals surface area contributed by atoms with Gasteiger partial charge < -0.3 is 11.1 Å². The standard InChI is InChI=1S/C5H7FN2/c6-4-2-1-3-5(7)8-4/h1-3,5,8H,7H2. The Balaban J connectivity index is 2.59. The van der Waals surface area contributed by atoms with E-state index in [1.165, 1.54) is 6.08 Å². The number of hydrogen-bond acceptors (Lipinski definition) is 2. The van der Waals surface area contributed by atoms with Crippen LogP contribution in [0.5, 0.6) is 0 Å². The summed E-state index contributed by atoms with van der Waals surface area (Å²) in [7, 11) is 0. The zero-order chi connectivity index (χ0) is 5.98. The highest BCUT2D eigenvalue weighted by Gasteiger charge is 2.00. The summed E-state index contributed by atoms with van der Waals surface area (Å²) < 4.78 is 12.1. The predicted octanol–water partition coefficient (Wildman–Crippen LogP) is 0.242. The lowest BCUT2D eigenvalue weighted by Crippen LogP contribution is -2.34. The summed E-state index contributed by atoms with van der Waals surface area (Å²) in [6.07, 6.45) is 4.21. The highest BCUT2D eigenvalue weighted by Crippen LogP contribution is 1.97. The molecule has 0 bridgehead atoms. The second-order valence-electron chi connectivity index (χ2n) is 1.57. The molecule has 0 spiro atoms. The first kappa shape index (κ1) is 5.31. The maximum atomic E-state index is 12.1. The molecular weight excluding hydrogens is 107 g/mol. The number of halogens is 1. The van der Waals surface area contributed by atoms with Gasteiger partial charge in [0.1, 0.15) is 0 Å². The zero-order valence-corrected chi connectivity index (χ0v) is 4.26. The van der Waals surface area contributed by atoms with E-state index in [0.29, 0.717) is 0 Å². The van der Waals surface area contributed by atoms with Crippen molar-refractivity contribution in [3.8, 4) is 0 Å². The summed E-state index contributed by atoms with van der Waals surface area (Å²) in [6.45, 7) is 0. The molecule has 0 aromatic heterocycles. The molecule has 3 N–H and O–H groups in total. The minimum absolute atomic E-state index is 0.361. The Hall–Kier alpha value is -0.830. The van der Waals surface area contributed by atoms with Crippen LogP contribution in [0, 0.1) is 0 Å². The minimum Gasteiger partial charge on any atom is -0.343 e. The van der Waals surface area contributed by atoms with Crippen molar-refractivity contribution in [2.75, 3.05) is 0 Å². The van der Waals surface area contributed by atoms with Crippen LogP contribution < -0.4 is 11.1 Å². The van der Waals surface area contributed by atoms with Crippen LogP contribution in [-0.2, 0) is 0 Å². The summed E-state index contributed by atoms with van der Waals surface area (Å²) >= 11 is 0. The lowest BCUT2D eigenvalue weighted by atomic mass is 10.3. The van der Waals surface area contributed by atoms with Gasteiger partial charge in [-0.15, -0.1) is 0 Å². The third kappa shape index (κ3) is 1.07. The molecule has 0 saturated carbocycles. The van der Waals surface area contributed by atoms with Crippen LogP contribution >= 0.6 is 0 Å². The van der Waals surface area contributed by atoms with Gasteiger partial charge in [-0.3, -0.25) is 0 Å². The molecule has 44 valence electrons. The third-order valence-corrected chi connectivity index (χ3v) is 0.866. The van der Waals surface area contributed by atoms with Crippen LogP contribution in [-0.4, -0.2) is 6.17 Å². The smallest absolute Gasteiger partial charge is 0.188 e. The van der Waals surface area contributed by atoms with Crippen molar-refractivity contribution in [3.63, 3.8) is 0 Å². The third-order valence-electron chi connectivity index (χ3n) is 0.866. The fourth-order valence-corrected chi connectivity index (χ4v) is 0.515. The zero-order valence-electron chi connectivity index (χ0n) is 4.26. The summed E-state index contributed by atoms with van der Waals surface area (Å²) in [5.41, 5.74) is 5.25. The van der Waals surface area contributed by atoms with Gasteiger partial charge in [-0.1, -0.05) is 6.08 Å². The summed E-state index contributed by atoms with van der Waals surface area (Å²) in [6, 6.07) is 0. The van der Waals surface area contributed by atoms with Crippen molar-refractivity contribution in [1.82, 2.24) is 5.32 Å². The molecular formula is C5H7FN2. The van der Waals surface area contributed by atoms with Crippen molar-refractivity contribution >= 4 is 0 Å². The maximum absolute atomic E-state index is 12.1. The average Bonchev–Trinajstić information content (AvgIpc) is 1.64. The van der Waals surface area contributed by atoms with Crippen molar-refractivity contribution in [2.45, 2.75) is 6.17 Å². The van der Waals surface area contributed by atoms with Gasteiger partial charge in [0.25, 0.3) is 0 Å². The van der Waals surface area contributed by atoms with E-state index in [0.717, 1.165) is 0 Å². The van der Waals surface area contributed by atoms with E-state index in [-0.39, 0.29) is 12.1 Å². The molecule has 1 atom stereocenters. The second-order valence-corrected chi connectivity index (χ2v) is 1.57. The van der Waals surface area contributed by atoms with Gasteiger partial charge in [-0.05, 0) is 12.2 Å². The number of allylic oxidation sites excluding steroid dienone is 2. The summed E-state index contributed by atoms with van der Waals surface area (Å²) in [4.78, 5) is 0. The van der Waals surface area contributed by atoms with Crippen LogP contribution in [0.15, 0.2) is 24.2 Å². The van der Waals surface area contributed by atoms with Crippen molar-refractivity contribution in [3.05, 3.63) is 24.2 Å².